The average Bonchev–Trinajstić information content (AvgIpc) is 2.97. The fraction of sp³-hybridized carbons (Fsp3) is 0.389. The van der Waals surface area contributed by atoms with Gasteiger partial charge in [-0.2, -0.15) is 0 Å². The zero-order valence-electron chi connectivity index (χ0n) is 13.8. The van der Waals surface area contributed by atoms with Crippen molar-refractivity contribution in [1.29, 1.82) is 0 Å². The third-order valence-corrected chi connectivity index (χ3v) is 5.59. The molecule has 0 radical (unpaired) electrons. The normalized spacial score (nSPS) is 20.9. The van der Waals surface area contributed by atoms with Crippen LogP contribution in [0.2, 0.25) is 0 Å². The molecule has 25 heavy (non-hydrogen) atoms. The third-order valence-electron chi connectivity index (χ3n) is 5.10. The van der Waals surface area contributed by atoms with Crippen LogP contribution in [-0.2, 0) is 9.53 Å². The van der Waals surface area contributed by atoms with Gasteiger partial charge in [-0.05, 0) is 43.9 Å². The van der Waals surface area contributed by atoms with Gasteiger partial charge < -0.3 is 9.72 Å². The predicted octanol–water partition coefficient (Wildman–Crippen LogP) is 3.54. The Labute approximate surface area is 152 Å². The van der Waals surface area contributed by atoms with E-state index >= 15 is 0 Å². The maximum Gasteiger partial charge on any atom is 0.326 e. The topological polar surface area (TPSA) is 77.0 Å². The number of H-pyrrole nitrogens is 1. The van der Waals surface area contributed by atoms with Crippen molar-refractivity contribution in [2.24, 2.45) is 5.92 Å². The summed E-state index contributed by atoms with van der Waals surface area (Å²) in [5.74, 6) is -0.210. The van der Waals surface area contributed by atoms with E-state index in [1.807, 2.05) is 22.8 Å². The van der Waals surface area contributed by atoms with Gasteiger partial charge in [0, 0.05) is 15.9 Å². The molecule has 130 valence electrons. The Kier molecular flexibility index (Phi) is 4.11. The van der Waals surface area contributed by atoms with Crippen molar-refractivity contribution < 1.29 is 9.53 Å². The van der Waals surface area contributed by atoms with Crippen molar-refractivity contribution in [3.63, 3.8) is 0 Å². The van der Waals surface area contributed by atoms with Crippen LogP contribution in [0.4, 0.5) is 0 Å². The molecule has 0 atom stereocenters. The Morgan fingerprint density at radius 3 is 2.80 bits per heavy atom. The molecule has 2 heterocycles. The van der Waals surface area contributed by atoms with Gasteiger partial charge in [-0.1, -0.05) is 15.9 Å². The second-order valence-electron chi connectivity index (χ2n) is 6.51. The Balaban J connectivity index is 1.80. The minimum Gasteiger partial charge on any atom is -0.469 e. The molecule has 1 aliphatic rings. The van der Waals surface area contributed by atoms with Crippen molar-refractivity contribution in [2.45, 2.75) is 31.7 Å². The van der Waals surface area contributed by atoms with Crippen LogP contribution in [0.15, 0.2) is 33.7 Å². The maximum absolute atomic E-state index is 12.6. The molecule has 0 bridgehead atoms. The van der Waals surface area contributed by atoms with Gasteiger partial charge in [-0.15, -0.1) is 0 Å². The molecule has 7 heteroatoms. The molecule has 2 aromatic heterocycles. The van der Waals surface area contributed by atoms with Crippen molar-refractivity contribution in [2.75, 3.05) is 7.11 Å². The molecular formula is C18H18BrN3O3. The Morgan fingerprint density at radius 2 is 2.08 bits per heavy atom. The molecular weight excluding hydrogens is 386 g/mol. The fourth-order valence-corrected chi connectivity index (χ4v) is 4.22. The molecule has 4 rings (SSSR count). The molecule has 1 fully saturated rings. The number of aromatic amines is 1. The number of nitrogens with zero attached hydrogens (tertiary/aromatic N) is 2. The summed E-state index contributed by atoms with van der Waals surface area (Å²) in [7, 11) is 1.43. The van der Waals surface area contributed by atoms with Crippen LogP contribution in [0.5, 0.6) is 0 Å². The summed E-state index contributed by atoms with van der Waals surface area (Å²) in [4.78, 5) is 31.7. The van der Waals surface area contributed by atoms with Crippen LogP contribution in [-0.4, -0.2) is 27.6 Å². The van der Waals surface area contributed by atoms with E-state index in [9.17, 15) is 9.59 Å². The number of methoxy groups -OCH3 is 1. The first-order valence-electron chi connectivity index (χ1n) is 8.35. The highest BCUT2D eigenvalue weighted by molar-refractivity contribution is 9.10. The number of imidazole rings is 1. The minimum absolute atomic E-state index is 0.0605. The average molecular weight is 404 g/mol. The number of esters is 1. The number of halogens is 1. The van der Waals surface area contributed by atoms with E-state index < -0.39 is 0 Å². The quantitative estimate of drug-likeness (QED) is 0.663. The Morgan fingerprint density at radius 1 is 1.32 bits per heavy atom. The van der Waals surface area contributed by atoms with Crippen LogP contribution < -0.4 is 5.69 Å². The summed E-state index contributed by atoms with van der Waals surface area (Å²) in [6, 6.07) is 5.95. The molecule has 3 aromatic rings. The molecule has 0 saturated heterocycles. The summed E-state index contributed by atoms with van der Waals surface area (Å²) >= 11 is 3.50. The molecule has 0 amide bonds. The second-order valence-corrected chi connectivity index (χ2v) is 7.43. The largest absolute Gasteiger partial charge is 0.469 e. The van der Waals surface area contributed by atoms with E-state index in [4.69, 9.17) is 4.74 Å². The number of hydrogen-bond acceptors (Lipinski definition) is 4. The van der Waals surface area contributed by atoms with Crippen LogP contribution in [0.1, 0.15) is 31.7 Å². The summed E-state index contributed by atoms with van der Waals surface area (Å²) in [6.45, 7) is 0. The highest BCUT2D eigenvalue weighted by atomic mass is 79.9. The van der Waals surface area contributed by atoms with Crippen molar-refractivity contribution in [1.82, 2.24) is 14.5 Å². The first-order valence-corrected chi connectivity index (χ1v) is 9.14. The molecule has 6 nitrogen and oxygen atoms in total. The van der Waals surface area contributed by atoms with E-state index in [0.29, 0.717) is 0 Å². The summed E-state index contributed by atoms with van der Waals surface area (Å²) in [5.41, 5.74) is 2.36. The van der Waals surface area contributed by atoms with Gasteiger partial charge in [0.1, 0.15) is 0 Å². The van der Waals surface area contributed by atoms with Gasteiger partial charge >= 0.3 is 11.7 Å². The summed E-state index contributed by atoms with van der Waals surface area (Å²) < 4.78 is 7.65. The van der Waals surface area contributed by atoms with Crippen LogP contribution in [0.25, 0.3) is 21.9 Å². The number of benzene rings is 1. The monoisotopic (exact) mass is 403 g/mol. The summed E-state index contributed by atoms with van der Waals surface area (Å²) in [6.07, 6.45) is 4.75. The third kappa shape index (κ3) is 2.76. The SMILES string of the molecule is COC(=O)C1CCC(n2c(=O)[nH]c3cnc4ccc(Br)cc4c32)CC1. The van der Waals surface area contributed by atoms with Gasteiger partial charge in [-0.25, -0.2) is 4.79 Å². The number of rotatable bonds is 2. The lowest BCUT2D eigenvalue weighted by Gasteiger charge is -2.27. The van der Waals surface area contributed by atoms with E-state index in [1.54, 1.807) is 6.20 Å². The molecule has 1 N–H and O–H groups in total. The number of carbonyl (C=O) groups excluding carboxylic acids is 1. The van der Waals surface area contributed by atoms with Gasteiger partial charge in [0.25, 0.3) is 0 Å². The molecule has 0 spiro atoms. The first-order chi connectivity index (χ1) is 12.1. The minimum atomic E-state index is -0.150. The lowest BCUT2D eigenvalue weighted by molar-refractivity contribution is -0.146. The number of fused-ring (bicyclic) bond motifs is 3. The molecule has 1 saturated carbocycles. The standard InChI is InChI=1S/C18H18BrN3O3/c1-25-17(23)10-2-5-12(6-3-10)22-16-13-8-11(19)4-7-14(13)20-9-15(16)21-18(22)24/h4,7-10,12H,2-3,5-6H2,1H3,(H,21,24). The van der Waals surface area contributed by atoms with E-state index in [2.05, 4.69) is 25.9 Å². The van der Waals surface area contributed by atoms with E-state index in [0.717, 1.165) is 52.1 Å². The second kappa shape index (κ2) is 6.29. The molecule has 0 unspecified atom stereocenters. The van der Waals surface area contributed by atoms with Crippen molar-refractivity contribution >= 4 is 43.8 Å². The zero-order chi connectivity index (χ0) is 17.6. The zero-order valence-corrected chi connectivity index (χ0v) is 15.4. The van der Waals surface area contributed by atoms with Gasteiger partial charge in [0.05, 0.1) is 35.8 Å². The number of ether oxygens (including phenoxy) is 1. The number of pyridine rings is 1. The Bertz CT molecular complexity index is 1020. The van der Waals surface area contributed by atoms with Gasteiger partial charge in [0.15, 0.2) is 0 Å². The van der Waals surface area contributed by atoms with Crippen LogP contribution in [0.3, 0.4) is 0 Å². The number of carbonyl (C=O) groups is 1. The van der Waals surface area contributed by atoms with Gasteiger partial charge in [-0.3, -0.25) is 14.3 Å². The predicted molar refractivity (Wildman–Crippen MR) is 98.6 cm³/mol. The highest BCUT2D eigenvalue weighted by Gasteiger charge is 2.29. The number of aromatic nitrogens is 3. The lowest BCUT2D eigenvalue weighted by Crippen LogP contribution is -2.29. The molecule has 1 aliphatic carbocycles. The smallest absolute Gasteiger partial charge is 0.326 e. The van der Waals surface area contributed by atoms with E-state index in [1.165, 1.54) is 7.11 Å². The Hall–Kier alpha value is -2.15. The summed E-state index contributed by atoms with van der Waals surface area (Å²) in [5, 5.41) is 0.945. The molecule has 0 aliphatic heterocycles. The lowest BCUT2D eigenvalue weighted by atomic mass is 9.86. The van der Waals surface area contributed by atoms with Crippen LogP contribution in [0, 0.1) is 5.92 Å². The van der Waals surface area contributed by atoms with Gasteiger partial charge in [0.2, 0.25) is 0 Å². The molecule has 1 aromatic carbocycles. The van der Waals surface area contributed by atoms with E-state index in [-0.39, 0.29) is 23.6 Å². The first kappa shape index (κ1) is 16.3. The maximum atomic E-state index is 12.6. The highest BCUT2D eigenvalue weighted by Crippen LogP contribution is 2.35. The number of nitrogens with one attached hydrogen (secondary N) is 1. The number of hydrogen-bond donors (Lipinski definition) is 1. The van der Waals surface area contributed by atoms with Crippen molar-refractivity contribution in [3.05, 3.63) is 39.4 Å². The van der Waals surface area contributed by atoms with Crippen LogP contribution >= 0.6 is 15.9 Å². The fourth-order valence-electron chi connectivity index (χ4n) is 3.86. The van der Waals surface area contributed by atoms with Crippen molar-refractivity contribution in [3.8, 4) is 0 Å².